The van der Waals surface area contributed by atoms with Crippen LogP contribution in [0.5, 0.6) is 0 Å². The predicted molar refractivity (Wildman–Crippen MR) is 52.5 cm³/mol. The van der Waals surface area contributed by atoms with E-state index in [9.17, 15) is 0 Å². The monoisotopic (exact) mass is 164 g/mol. The highest BCUT2D eigenvalue weighted by Gasteiger charge is 1.94. The molecule has 1 rings (SSSR count). The van der Waals surface area contributed by atoms with Gasteiger partial charge in [-0.2, -0.15) is 0 Å². The van der Waals surface area contributed by atoms with Gasteiger partial charge in [0.15, 0.2) is 0 Å². The first-order chi connectivity index (χ1) is 5.72. The van der Waals surface area contributed by atoms with Crippen LogP contribution in [-0.4, -0.2) is 11.5 Å². The van der Waals surface area contributed by atoms with Gasteiger partial charge >= 0.3 is 0 Å². The summed E-state index contributed by atoms with van der Waals surface area (Å²) in [6, 6.07) is 4.14. The maximum Gasteiger partial charge on any atom is 0.0396 e. The number of anilines is 1. The molecule has 1 aromatic rings. The molecular formula is C10H16N2. The maximum atomic E-state index is 4.30. The number of aromatic nitrogens is 1. The second kappa shape index (κ2) is 4.10. The Balaban J connectivity index is 2.72. The second-order valence-corrected chi connectivity index (χ2v) is 3.07. The third-order valence-electron chi connectivity index (χ3n) is 1.66. The average molecular weight is 164 g/mol. The third kappa shape index (κ3) is 2.53. The molecule has 0 atom stereocenters. The van der Waals surface area contributed by atoms with Gasteiger partial charge in [-0.3, -0.25) is 4.98 Å². The molecule has 0 bridgehead atoms. The summed E-state index contributed by atoms with van der Waals surface area (Å²) in [6.45, 7) is 7.23. The van der Waals surface area contributed by atoms with E-state index in [0.29, 0.717) is 0 Å². The summed E-state index contributed by atoms with van der Waals surface area (Å²) < 4.78 is 0. The quantitative estimate of drug-likeness (QED) is 0.742. The first-order valence-electron chi connectivity index (χ1n) is 4.41. The van der Waals surface area contributed by atoms with Crippen LogP contribution in [0.4, 0.5) is 5.69 Å². The normalized spacial score (nSPS) is 9.92. The van der Waals surface area contributed by atoms with Crippen LogP contribution in [0.25, 0.3) is 0 Å². The molecule has 0 aliphatic rings. The van der Waals surface area contributed by atoms with Gasteiger partial charge in [0.1, 0.15) is 0 Å². The van der Waals surface area contributed by atoms with Crippen molar-refractivity contribution in [3.63, 3.8) is 0 Å². The van der Waals surface area contributed by atoms with Crippen molar-refractivity contribution in [2.75, 3.05) is 11.9 Å². The van der Waals surface area contributed by atoms with Crippen molar-refractivity contribution in [3.8, 4) is 0 Å². The van der Waals surface area contributed by atoms with E-state index in [1.54, 1.807) is 0 Å². The van der Waals surface area contributed by atoms with E-state index in [1.165, 1.54) is 5.69 Å². The Morgan fingerprint density at radius 1 is 1.25 bits per heavy atom. The van der Waals surface area contributed by atoms with Crippen molar-refractivity contribution in [2.45, 2.75) is 27.2 Å². The molecule has 0 radical (unpaired) electrons. The summed E-state index contributed by atoms with van der Waals surface area (Å²) in [7, 11) is 0. The number of hydrogen-bond acceptors (Lipinski definition) is 2. The highest BCUT2D eigenvalue weighted by atomic mass is 14.9. The largest absolute Gasteiger partial charge is 0.385 e. The molecule has 1 heterocycles. The summed E-state index contributed by atoms with van der Waals surface area (Å²) in [5.41, 5.74) is 3.34. The Kier molecular flexibility index (Phi) is 3.09. The van der Waals surface area contributed by atoms with Gasteiger partial charge in [0.25, 0.3) is 0 Å². The highest BCUT2D eigenvalue weighted by Crippen LogP contribution is 2.09. The van der Waals surface area contributed by atoms with Gasteiger partial charge in [0.05, 0.1) is 0 Å². The number of nitrogens with one attached hydrogen (secondary N) is 1. The van der Waals surface area contributed by atoms with Crippen LogP contribution in [-0.2, 0) is 0 Å². The molecule has 0 aliphatic heterocycles. The average Bonchev–Trinajstić information content (AvgIpc) is 1.99. The topological polar surface area (TPSA) is 24.9 Å². The van der Waals surface area contributed by atoms with Gasteiger partial charge in [-0.05, 0) is 32.4 Å². The third-order valence-corrected chi connectivity index (χ3v) is 1.66. The van der Waals surface area contributed by atoms with E-state index in [2.05, 4.69) is 29.4 Å². The molecule has 2 nitrogen and oxygen atoms in total. The molecule has 0 unspecified atom stereocenters. The molecule has 1 aromatic heterocycles. The van der Waals surface area contributed by atoms with Crippen molar-refractivity contribution < 1.29 is 0 Å². The maximum absolute atomic E-state index is 4.30. The summed E-state index contributed by atoms with van der Waals surface area (Å²) in [4.78, 5) is 4.30. The van der Waals surface area contributed by atoms with E-state index < -0.39 is 0 Å². The van der Waals surface area contributed by atoms with Gasteiger partial charge in [-0.15, -0.1) is 0 Å². The van der Waals surface area contributed by atoms with Crippen molar-refractivity contribution in [1.82, 2.24) is 4.98 Å². The van der Waals surface area contributed by atoms with Crippen LogP contribution < -0.4 is 5.32 Å². The zero-order valence-corrected chi connectivity index (χ0v) is 8.02. The number of nitrogens with zero attached hydrogens (tertiary/aromatic N) is 1. The molecule has 0 saturated heterocycles. The Bertz CT molecular complexity index is 236. The summed E-state index contributed by atoms with van der Waals surface area (Å²) in [6.07, 6.45) is 1.15. The Morgan fingerprint density at radius 3 is 2.33 bits per heavy atom. The molecule has 0 fully saturated rings. The van der Waals surface area contributed by atoms with Crippen LogP contribution >= 0.6 is 0 Å². The number of aryl methyl sites for hydroxylation is 2. The van der Waals surface area contributed by atoms with Gasteiger partial charge in [-0.1, -0.05) is 6.92 Å². The first-order valence-corrected chi connectivity index (χ1v) is 4.41. The predicted octanol–water partition coefficient (Wildman–Crippen LogP) is 2.52. The molecule has 0 saturated carbocycles. The lowest BCUT2D eigenvalue weighted by Gasteiger charge is -2.05. The van der Waals surface area contributed by atoms with Gasteiger partial charge in [-0.25, -0.2) is 0 Å². The molecule has 2 heteroatoms. The van der Waals surface area contributed by atoms with Crippen LogP contribution in [0.2, 0.25) is 0 Å². The van der Waals surface area contributed by atoms with Crippen molar-refractivity contribution in [1.29, 1.82) is 0 Å². The Hall–Kier alpha value is -1.05. The molecular weight excluding hydrogens is 148 g/mol. The standard InChI is InChI=1S/C10H16N2/c1-4-5-11-10-6-8(2)12-9(3)7-10/h6-7H,4-5H2,1-3H3,(H,11,12). The van der Waals surface area contributed by atoms with Crippen LogP contribution in [0.3, 0.4) is 0 Å². The minimum absolute atomic E-state index is 1.03. The second-order valence-electron chi connectivity index (χ2n) is 3.07. The fourth-order valence-corrected chi connectivity index (χ4v) is 1.21. The number of hydrogen-bond donors (Lipinski definition) is 1. The minimum atomic E-state index is 1.03. The first kappa shape index (κ1) is 9.04. The minimum Gasteiger partial charge on any atom is -0.385 e. The van der Waals surface area contributed by atoms with Crippen LogP contribution in [0.1, 0.15) is 24.7 Å². The SMILES string of the molecule is CCCNc1cc(C)nc(C)c1. The number of rotatable bonds is 3. The van der Waals surface area contributed by atoms with E-state index in [0.717, 1.165) is 24.4 Å². The lowest BCUT2D eigenvalue weighted by molar-refractivity contribution is 0.975. The summed E-state index contributed by atoms with van der Waals surface area (Å²) in [5, 5.41) is 3.34. The van der Waals surface area contributed by atoms with E-state index in [4.69, 9.17) is 0 Å². The molecule has 0 aliphatic carbocycles. The number of pyridine rings is 1. The van der Waals surface area contributed by atoms with Gasteiger partial charge in [0.2, 0.25) is 0 Å². The fourth-order valence-electron chi connectivity index (χ4n) is 1.21. The molecule has 0 aromatic carbocycles. The van der Waals surface area contributed by atoms with Crippen LogP contribution in [0, 0.1) is 13.8 Å². The highest BCUT2D eigenvalue weighted by molar-refractivity contribution is 5.44. The van der Waals surface area contributed by atoms with E-state index >= 15 is 0 Å². The molecule has 12 heavy (non-hydrogen) atoms. The van der Waals surface area contributed by atoms with Gasteiger partial charge in [0, 0.05) is 23.6 Å². The summed E-state index contributed by atoms with van der Waals surface area (Å²) >= 11 is 0. The van der Waals surface area contributed by atoms with Crippen molar-refractivity contribution >= 4 is 5.69 Å². The van der Waals surface area contributed by atoms with E-state index in [-0.39, 0.29) is 0 Å². The fraction of sp³-hybridized carbons (Fsp3) is 0.500. The molecule has 0 amide bonds. The molecule has 1 N–H and O–H groups in total. The summed E-state index contributed by atoms with van der Waals surface area (Å²) in [5.74, 6) is 0. The zero-order chi connectivity index (χ0) is 8.97. The van der Waals surface area contributed by atoms with E-state index in [1.807, 2.05) is 13.8 Å². The van der Waals surface area contributed by atoms with Gasteiger partial charge < -0.3 is 5.32 Å². The smallest absolute Gasteiger partial charge is 0.0396 e. The lowest BCUT2D eigenvalue weighted by Crippen LogP contribution is -2.00. The molecule has 66 valence electrons. The zero-order valence-electron chi connectivity index (χ0n) is 8.02. The van der Waals surface area contributed by atoms with Crippen LogP contribution in [0.15, 0.2) is 12.1 Å². The van der Waals surface area contributed by atoms with Crippen molar-refractivity contribution in [2.24, 2.45) is 0 Å². The molecule has 0 spiro atoms. The Labute approximate surface area is 74.0 Å². The Morgan fingerprint density at radius 2 is 1.83 bits per heavy atom. The van der Waals surface area contributed by atoms with Crippen molar-refractivity contribution in [3.05, 3.63) is 23.5 Å². The lowest BCUT2D eigenvalue weighted by atomic mass is 10.3.